The summed E-state index contributed by atoms with van der Waals surface area (Å²) in [7, 11) is 3.91. The number of carbonyl (C=O) groups is 1. The monoisotopic (exact) mass is 279 g/mol. The summed E-state index contributed by atoms with van der Waals surface area (Å²) in [4.78, 5) is 17.4. The van der Waals surface area contributed by atoms with E-state index in [0.29, 0.717) is 5.56 Å². The number of nitrogens with one attached hydrogen (secondary N) is 2. The van der Waals surface area contributed by atoms with Crippen molar-refractivity contribution in [2.45, 2.75) is 0 Å². The Morgan fingerprint density at radius 2 is 1.95 bits per heavy atom. The van der Waals surface area contributed by atoms with Gasteiger partial charge < -0.3 is 15.2 Å². The zero-order valence-electron chi connectivity index (χ0n) is 12.1. The van der Waals surface area contributed by atoms with Gasteiger partial charge in [0.2, 0.25) is 0 Å². The molecule has 0 saturated heterocycles. The first-order valence-corrected chi connectivity index (χ1v) is 6.79. The third-order valence-corrected chi connectivity index (χ3v) is 3.44. The summed E-state index contributed by atoms with van der Waals surface area (Å²) in [5.74, 6) is -0.103. The predicted octanol–water partition coefficient (Wildman–Crippen LogP) is 3.49. The Bertz CT molecular complexity index is 789. The Kier molecular flexibility index (Phi) is 3.36. The van der Waals surface area contributed by atoms with Crippen LogP contribution in [0, 0.1) is 0 Å². The number of H-pyrrole nitrogens is 1. The Hall–Kier alpha value is -2.75. The lowest BCUT2D eigenvalue weighted by Gasteiger charge is -2.13. The minimum atomic E-state index is -0.103. The van der Waals surface area contributed by atoms with Crippen LogP contribution in [0.15, 0.2) is 54.7 Å². The molecular weight excluding hydrogens is 262 g/mol. The Labute approximate surface area is 123 Å². The van der Waals surface area contributed by atoms with Crippen molar-refractivity contribution in [1.82, 2.24) is 4.98 Å². The van der Waals surface area contributed by atoms with Gasteiger partial charge in [0, 0.05) is 48.1 Å². The van der Waals surface area contributed by atoms with Crippen LogP contribution in [-0.4, -0.2) is 25.0 Å². The summed E-state index contributed by atoms with van der Waals surface area (Å²) in [5.41, 5.74) is 3.50. The number of hydrogen-bond acceptors (Lipinski definition) is 2. The molecule has 0 unspecified atom stereocenters. The van der Waals surface area contributed by atoms with Crippen LogP contribution in [0.2, 0.25) is 0 Å². The van der Waals surface area contributed by atoms with Crippen LogP contribution >= 0.6 is 0 Å². The SMILES string of the molecule is CN(C)c1cccc(C(=O)Nc2ccc3[nH]ccc3c2)c1. The van der Waals surface area contributed by atoms with Gasteiger partial charge in [-0.1, -0.05) is 6.07 Å². The van der Waals surface area contributed by atoms with Crippen LogP contribution in [0.1, 0.15) is 10.4 Å². The van der Waals surface area contributed by atoms with E-state index in [1.165, 1.54) is 0 Å². The zero-order chi connectivity index (χ0) is 14.8. The second-order valence-electron chi connectivity index (χ2n) is 5.18. The van der Waals surface area contributed by atoms with Gasteiger partial charge in [-0.25, -0.2) is 0 Å². The zero-order valence-corrected chi connectivity index (χ0v) is 12.1. The molecule has 0 spiro atoms. The second kappa shape index (κ2) is 5.32. The van der Waals surface area contributed by atoms with E-state index in [1.807, 2.05) is 73.7 Å². The van der Waals surface area contributed by atoms with Crippen LogP contribution in [0.3, 0.4) is 0 Å². The number of aromatic nitrogens is 1. The van der Waals surface area contributed by atoms with Gasteiger partial charge in [0.1, 0.15) is 0 Å². The van der Waals surface area contributed by atoms with E-state index in [1.54, 1.807) is 0 Å². The fourth-order valence-corrected chi connectivity index (χ4v) is 2.26. The molecular formula is C17H17N3O. The van der Waals surface area contributed by atoms with Gasteiger partial charge in [0.05, 0.1) is 0 Å². The molecule has 106 valence electrons. The van der Waals surface area contributed by atoms with Gasteiger partial charge in [0.15, 0.2) is 0 Å². The van der Waals surface area contributed by atoms with Crippen LogP contribution in [0.4, 0.5) is 11.4 Å². The maximum Gasteiger partial charge on any atom is 0.255 e. The summed E-state index contributed by atoms with van der Waals surface area (Å²) in [6, 6.07) is 15.4. The normalized spacial score (nSPS) is 10.6. The maximum absolute atomic E-state index is 12.3. The Morgan fingerprint density at radius 3 is 2.76 bits per heavy atom. The highest BCUT2D eigenvalue weighted by Gasteiger charge is 2.08. The quantitative estimate of drug-likeness (QED) is 0.771. The average molecular weight is 279 g/mol. The van der Waals surface area contributed by atoms with E-state index in [9.17, 15) is 4.79 Å². The molecule has 3 aromatic rings. The molecule has 0 atom stereocenters. The molecule has 1 aromatic heterocycles. The third-order valence-electron chi connectivity index (χ3n) is 3.44. The molecule has 2 N–H and O–H groups in total. The lowest BCUT2D eigenvalue weighted by Crippen LogP contribution is -2.14. The van der Waals surface area contributed by atoms with E-state index >= 15 is 0 Å². The lowest BCUT2D eigenvalue weighted by molar-refractivity contribution is 0.102. The van der Waals surface area contributed by atoms with Crippen molar-refractivity contribution in [3.8, 4) is 0 Å². The summed E-state index contributed by atoms with van der Waals surface area (Å²) in [6.07, 6.45) is 1.89. The standard InChI is InChI=1S/C17H17N3O/c1-20(2)15-5-3-4-13(11-15)17(21)19-14-6-7-16-12(10-14)8-9-18-16/h3-11,18H,1-2H3,(H,19,21). The number of hydrogen-bond donors (Lipinski definition) is 2. The molecule has 2 aromatic carbocycles. The highest BCUT2D eigenvalue weighted by molar-refractivity contribution is 6.05. The minimum absolute atomic E-state index is 0.103. The Balaban J connectivity index is 1.83. The number of aromatic amines is 1. The van der Waals surface area contributed by atoms with Crippen LogP contribution in [0.25, 0.3) is 10.9 Å². The molecule has 1 amide bonds. The van der Waals surface area contributed by atoms with Crippen LogP contribution in [-0.2, 0) is 0 Å². The fourth-order valence-electron chi connectivity index (χ4n) is 2.26. The molecule has 21 heavy (non-hydrogen) atoms. The van der Waals surface area contributed by atoms with E-state index < -0.39 is 0 Å². The predicted molar refractivity (Wildman–Crippen MR) is 87.0 cm³/mol. The summed E-state index contributed by atoms with van der Waals surface area (Å²) in [6.45, 7) is 0. The Morgan fingerprint density at radius 1 is 1.10 bits per heavy atom. The summed E-state index contributed by atoms with van der Waals surface area (Å²) < 4.78 is 0. The van der Waals surface area contributed by atoms with Gasteiger partial charge in [0.25, 0.3) is 5.91 Å². The van der Waals surface area contributed by atoms with E-state index in [-0.39, 0.29) is 5.91 Å². The van der Waals surface area contributed by atoms with E-state index in [0.717, 1.165) is 22.3 Å². The van der Waals surface area contributed by atoms with Crippen molar-refractivity contribution in [2.75, 3.05) is 24.3 Å². The smallest absolute Gasteiger partial charge is 0.255 e. The molecule has 0 radical (unpaired) electrons. The number of anilines is 2. The number of fused-ring (bicyclic) bond motifs is 1. The highest BCUT2D eigenvalue weighted by atomic mass is 16.1. The highest BCUT2D eigenvalue weighted by Crippen LogP contribution is 2.19. The van der Waals surface area contributed by atoms with E-state index in [2.05, 4.69) is 10.3 Å². The molecule has 0 bridgehead atoms. The van der Waals surface area contributed by atoms with Gasteiger partial charge in [-0.2, -0.15) is 0 Å². The fraction of sp³-hybridized carbons (Fsp3) is 0.118. The van der Waals surface area contributed by atoms with Crippen LogP contribution < -0.4 is 10.2 Å². The molecule has 4 heteroatoms. The second-order valence-corrected chi connectivity index (χ2v) is 5.18. The molecule has 4 nitrogen and oxygen atoms in total. The molecule has 0 saturated carbocycles. The molecule has 3 rings (SSSR count). The first-order valence-electron chi connectivity index (χ1n) is 6.79. The molecule has 0 aliphatic rings. The molecule has 0 aliphatic heterocycles. The molecule has 0 fully saturated rings. The number of amides is 1. The van der Waals surface area contributed by atoms with Crippen molar-refractivity contribution in [1.29, 1.82) is 0 Å². The first-order chi connectivity index (χ1) is 10.1. The number of nitrogens with zero attached hydrogens (tertiary/aromatic N) is 1. The third kappa shape index (κ3) is 2.74. The number of benzene rings is 2. The molecule has 1 heterocycles. The number of rotatable bonds is 3. The van der Waals surface area contributed by atoms with Crippen molar-refractivity contribution < 1.29 is 4.79 Å². The van der Waals surface area contributed by atoms with Crippen molar-refractivity contribution in [3.63, 3.8) is 0 Å². The first kappa shape index (κ1) is 13.2. The lowest BCUT2D eigenvalue weighted by atomic mass is 10.1. The van der Waals surface area contributed by atoms with E-state index in [4.69, 9.17) is 0 Å². The topological polar surface area (TPSA) is 48.1 Å². The van der Waals surface area contributed by atoms with Crippen molar-refractivity contribution in [3.05, 3.63) is 60.3 Å². The summed E-state index contributed by atoms with van der Waals surface area (Å²) >= 11 is 0. The van der Waals surface area contributed by atoms with Gasteiger partial charge in [-0.15, -0.1) is 0 Å². The average Bonchev–Trinajstić information content (AvgIpc) is 2.95. The van der Waals surface area contributed by atoms with Crippen molar-refractivity contribution >= 4 is 28.2 Å². The molecule has 0 aliphatic carbocycles. The van der Waals surface area contributed by atoms with Crippen LogP contribution in [0.5, 0.6) is 0 Å². The van der Waals surface area contributed by atoms with Gasteiger partial charge in [-0.3, -0.25) is 4.79 Å². The van der Waals surface area contributed by atoms with Gasteiger partial charge >= 0.3 is 0 Å². The minimum Gasteiger partial charge on any atom is -0.378 e. The summed E-state index contributed by atoms with van der Waals surface area (Å²) in [5, 5.41) is 4.01. The number of carbonyl (C=O) groups excluding carboxylic acids is 1. The maximum atomic E-state index is 12.3. The van der Waals surface area contributed by atoms with Crippen molar-refractivity contribution in [2.24, 2.45) is 0 Å². The van der Waals surface area contributed by atoms with Gasteiger partial charge in [-0.05, 0) is 42.5 Å². The largest absolute Gasteiger partial charge is 0.378 e.